The van der Waals surface area contributed by atoms with E-state index in [1.54, 1.807) is 26.2 Å². The fraction of sp³-hybridized carbons (Fsp3) is 0.318. The standard InChI is InChI=1S/C22H25N7O2/c1-16-17(2)25-15-29(21(16)31)14-20(30)26-18-12-23-22(24-13-18)28-10-8-27(9-11-28)19-6-4-3-5-7-19/h3-7,12-13,15H,8-11,14H2,1-2H3,(H,26,30). The lowest BCUT2D eigenvalue weighted by atomic mass is 10.2. The molecule has 4 rings (SSSR count). The van der Waals surface area contributed by atoms with Gasteiger partial charge in [0, 0.05) is 43.1 Å². The molecule has 9 heteroatoms. The van der Waals surface area contributed by atoms with Gasteiger partial charge in [-0.3, -0.25) is 14.2 Å². The number of amides is 1. The second-order valence-corrected chi connectivity index (χ2v) is 7.52. The molecule has 3 heterocycles. The molecule has 1 aliphatic rings. The number of hydrogen-bond acceptors (Lipinski definition) is 7. The molecule has 9 nitrogen and oxygen atoms in total. The summed E-state index contributed by atoms with van der Waals surface area (Å²) in [5.41, 5.74) is 2.69. The fourth-order valence-electron chi connectivity index (χ4n) is 3.50. The highest BCUT2D eigenvalue weighted by molar-refractivity contribution is 5.90. The normalized spacial score (nSPS) is 13.9. The number of rotatable bonds is 5. The molecule has 1 aliphatic heterocycles. The average molecular weight is 419 g/mol. The lowest BCUT2D eigenvalue weighted by Crippen LogP contribution is -2.47. The summed E-state index contributed by atoms with van der Waals surface area (Å²) in [6.45, 7) is 6.78. The first-order valence-electron chi connectivity index (χ1n) is 10.2. The van der Waals surface area contributed by atoms with Crippen molar-refractivity contribution in [3.63, 3.8) is 0 Å². The third kappa shape index (κ3) is 4.71. The Morgan fingerprint density at radius 3 is 2.29 bits per heavy atom. The smallest absolute Gasteiger partial charge is 0.256 e. The quantitative estimate of drug-likeness (QED) is 0.671. The van der Waals surface area contributed by atoms with Gasteiger partial charge in [-0.25, -0.2) is 15.0 Å². The Kier molecular flexibility index (Phi) is 5.92. The van der Waals surface area contributed by atoms with Gasteiger partial charge in [-0.2, -0.15) is 0 Å². The van der Waals surface area contributed by atoms with Gasteiger partial charge in [0.15, 0.2) is 0 Å². The minimum absolute atomic E-state index is 0.115. The molecular weight excluding hydrogens is 394 g/mol. The molecule has 0 radical (unpaired) electrons. The second kappa shape index (κ2) is 8.95. The predicted octanol–water partition coefficient (Wildman–Crippen LogP) is 1.62. The van der Waals surface area contributed by atoms with Crippen molar-refractivity contribution in [2.45, 2.75) is 20.4 Å². The Labute approximate surface area is 180 Å². The lowest BCUT2D eigenvalue weighted by Gasteiger charge is -2.36. The number of aromatic nitrogens is 4. The number of piperazine rings is 1. The highest BCUT2D eigenvalue weighted by atomic mass is 16.2. The van der Waals surface area contributed by atoms with Crippen molar-refractivity contribution in [1.29, 1.82) is 0 Å². The van der Waals surface area contributed by atoms with Crippen molar-refractivity contribution < 1.29 is 4.79 Å². The van der Waals surface area contributed by atoms with Gasteiger partial charge in [0.25, 0.3) is 5.56 Å². The molecule has 0 saturated carbocycles. The fourth-order valence-corrected chi connectivity index (χ4v) is 3.50. The Morgan fingerprint density at radius 1 is 0.968 bits per heavy atom. The molecular formula is C22H25N7O2. The Hall–Kier alpha value is -3.75. The maximum absolute atomic E-state index is 12.3. The van der Waals surface area contributed by atoms with Crippen LogP contribution in [0.2, 0.25) is 0 Å². The van der Waals surface area contributed by atoms with Crippen LogP contribution in [0.5, 0.6) is 0 Å². The molecule has 0 aliphatic carbocycles. The van der Waals surface area contributed by atoms with Crippen LogP contribution in [0.1, 0.15) is 11.3 Å². The van der Waals surface area contributed by atoms with Gasteiger partial charge < -0.3 is 15.1 Å². The minimum Gasteiger partial charge on any atom is -0.368 e. The van der Waals surface area contributed by atoms with Gasteiger partial charge >= 0.3 is 0 Å². The Bertz CT molecular complexity index is 1100. The van der Waals surface area contributed by atoms with E-state index in [0.717, 1.165) is 26.2 Å². The molecule has 1 aromatic carbocycles. The summed E-state index contributed by atoms with van der Waals surface area (Å²) in [7, 11) is 0. The first kappa shape index (κ1) is 20.5. The Balaban J connectivity index is 1.33. The van der Waals surface area contributed by atoms with E-state index in [-0.39, 0.29) is 18.0 Å². The molecule has 0 spiro atoms. The van der Waals surface area contributed by atoms with E-state index < -0.39 is 0 Å². The summed E-state index contributed by atoms with van der Waals surface area (Å²) in [6.07, 6.45) is 4.56. The van der Waals surface area contributed by atoms with E-state index in [0.29, 0.717) is 22.9 Å². The van der Waals surface area contributed by atoms with Gasteiger partial charge in [0.1, 0.15) is 6.54 Å². The van der Waals surface area contributed by atoms with Crippen molar-refractivity contribution in [1.82, 2.24) is 19.5 Å². The second-order valence-electron chi connectivity index (χ2n) is 7.52. The van der Waals surface area contributed by atoms with E-state index in [1.165, 1.54) is 16.6 Å². The van der Waals surface area contributed by atoms with E-state index in [4.69, 9.17) is 0 Å². The van der Waals surface area contributed by atoms with Gasteiger partial charge in [-0.15, -0.1) is 0 Å². The molecule has 1 fully saturated rings. The van der Waals surface area contributed by atoms with Crippen LogP contribution in [0.3, 0.4) is 0 Å². The molecule has 1 amide bonds. The summed E-state index contributed by atoms with van der Waals surface area (Å²) in [5.74, 6) is 0.306. The van der Waals surface area contributed by atoms with Crippen LogP contribution < -0.4 is 20.7 Å². The maximum Gasteiger partial charge on any atom is 0.256 e. The van der Waals surface area contributed by atoms with Crippen molar-refractivity contribution in [3.8, 4) is 0 Å². The molecule has 31 heavy (non-hydrogen) atoms. The summed E-state index contributed by atoms with van der Waals surface area (Å²) in [4.78, 5) is 42.0. The van der Waals surface area contributed by atoms with Gasteiger partial charge in [-0.05, 0) is 26.0 Å². The van der Waals surface area contributed by atoms with Crippen molar-refractivity contribution in [3.05, 3.63) is 70.7 Å². The number of nitrogens with zero attached hydrogens (tertiary/aromatic N) is 6. The van der Waals surface area contributed by atoms with Crippen LogP contribution in [-0.2, 0) is 11.3 Å². The van der Waals surface area contributed by atoms with Crippen LogP contribution in [0.15, 0.2) is 53.8 Å². The number of para-hydroxylation sites is 1. The lowest BCUT2D eigenvalue weighted by molar-refractivity contribution is -0.116. The van der Waals surface area contributed by atoms with Crippen LogP contribution >= 0.6 is 0 Å². The third-order valence-corrected chi connectivity index (χ3v) is 5.43. The number of carbonyl (C=O) groups excluding carboxylic acids is 1. The zero-order valence-corrected chi connectivity index (χ0v) is 17.7. The molecule has 0 atom stereocenters. The largest absolute Gasteiger partial charge is 0.368 e. The summed E-state index contributed by atoms with van der Waals surface area (Å²) < 4.78 is 1.29. The molecule has 160 valence electrons. The number of benzene rings is 1. The number of carbonyl (C=O) groups is 1. The molecule has 3 aromatic rings. The summed E-state index contributed by atoms with van der Waals surface area (Å²) >= 11 is 0. The van der Waals surface area contributed by atoms with Gasteiger partial charge in [-0.1, -0.05) is 18.2 Å². The number of hydrogen-bond donors (Lipinski definition) is 1. The third-order valence-electron chi connectivity index (χ3n) is 5.43. The topological polar surface area (TPSA) is 96.2 Å². The van der Waals surface area contributed by atoms with E-state index in [1.807, 2.05) is 18.2 Å². The van der Waals surface area contributed by atoms with Crippen molar-refractivity contribution >= 4 is 23.2 Å². The van der Waals surface area contributed by atoms with Crippen LogP contribution in [0, 0.1) is 13.8 Å². The predicted molar refractivity (Wildman–Crippen MR) is 120 cm³/mol. The minimum atomic E-state index is -0.333. The van der Waals surface area contributed by atoms with Gasteiger partial charge in [0.2, 0.25) is 11.9 Å². The first-order chi connectivity index (χ1) is 15.0. The molecule has 0 bridgehead atoms. The Morgan fingerprint density at radius 2 is 1.61 bits per heavy atom. The van der Waals surface area contributed by atoms with E-state index in [9.17, 15) is 9.59 Å². The summed E-state index contributed by atoms with van der Waals surface area (Å²) in [6, 6.07) is 10.3. The SMILES string of the molecule is Cc1ncn(CC(=O)Nc2cnc(N3CCN(c4ccccc4)CC3)nc2)c(=O)c1C. The van der Waals surface area contributed by atoms with Crippen molar-refractivity contribution in [2.75, 3.05) is 41.3 Å². The zero-order chi connectivity index (χ0) is 21.8. The maximum atomic E-state index is 12.3. The average Bonchev–Trinajstić information content (AvgIpc) is 2.81. The highest BCUT2D eigenvalue weighted by Crippen LogP contribution is 2.18. The highest BCUT2D eigenvalue weighted by Gasteiger charge is 2.19. The molecule has 1 saturated heterocycles. The van der Waals surface area contributed by atoms with Crippen molar-refractivity contribution in [2.24, 2.45) is 0 Å². The van der Waals surface area contributed by atoms with E-state index in [2.05, 4.69) is 42.2 Å². The van der Waals surface area contributed by atoms with Gasteiger partial charge in [0.05, 0.1) is 24.4 Å². The number of nitrogens with one attached hydrogen (secondary N) is 1. The van der Waals surface area contributed by atoms with Crippen LogP contribution in [0.4, 0.5) is 17.3 Å². The molecule has 2 aromatic heterocycles. The van der Waals surface area contributed by atoms with Crippen LogP contribution in [-0.4, -0.2) is 51.6 Å². The number of anilines is 3. The molecule has 1 N–H and O–H groups in total. The van der Waals surface area contributed by atoms with E-state index >= 15 is 0 Å². The number of aryl methyl sites for hydroxylation is 1. The van der Waals surface area contributed by atoms with Crippen LogP contribution in [0.25, 0.3) is 0 Å². The zero-order valence-electron chi connectivity index (χ0n) is 17.7. The first-order valence-corrected chi connectivity index (χ1v) is 10.2. The molecule has 0 unspecified atom stereocenters. The summed E-state index contributed by atoms with van der Waals surface area (Å²) in [5, 5.41) is 2.73. The monoisotopic (exact) mass is 419 g/mol.